The van der Waals surface area contributed by atoms with E-state index in [1.165, 1.54) is 6.08 Å². The molecule has 0 radical (unpaired) electrons. The van der Waals surface area contributed by atoms with Gasteiger partial charge in [0.25, 0.3) is 5.89 Å². The average Bonchev–Trinajstić information content (AvgIpc) is 3.23. The standard InChI is InChI=1S/C21H20N2O5/c1-14(27-19(24)13-6-15-4-9-17(25-2)10-5-15)20-22-23-21(28-20)16-7-11-18(26-3)12-8-16/h4-14H,1-3H3/b13-6+/t14-/m0/s1. The highest BCUT2D eigenvalue weighted by Gasteiger charge is 2.18. The molecule has 0 aliphatic carbocycles. The minimum Gasteiger partial charge on any atom is -0.497 e. The van der Waals surface area contributed by atoms with Gasteiger partial charge >= 0.3 is 5.97 Å². The molecule has 0 unspecified atom stereocenters. The van der Waals surface area contributed by atoms with Gasteiger partial charge in [0.2, 0.25) is 5.89 Å². The van der Waals surface area contributed by atoms with Crippen LogP contribution in [0.1, 0.15) is 24.5 Å². The lowest BCUT2D eigenvalue weighted by atomic mass is 10.2. The molecule has 1 heterocycles. The van der Waals surface area contributed by atoms with Gasteiger partial charge in [0.05, 0.1) is 14.2 Å². The summed E-state index contributed by atoms with van der Waals surface area (Å²) in [5, 5.41) is 7.96. The number of methoxy groups -OCH3 is 2. The maximum absolute atomic E-state index is 12.0. The maximum Gasteiger partial charge on any atom is 0.331 e. The smallest absolute Gasteiger partial charge is 0.331 e. The molecule has 1 aromatic heterocycles. The molecule has 3 aromatic rings. The van der Waals surface area contributed by atoms with Crippen molar-refractivity contribution in [2.24, 2.45) is 0 Å². The van der Waals surface area contributed by atoms with E-state index in [1.807, 2.05) is 36.4 Å². The topological polar surface area (TPSA) is 83.7 Å². The highest BCUT2D eigenvalue weighted by molar-refractivity contribution is 5.87. The van der Waals surface area contributed by atoms with Crippen molar-refractivity contribution in [1.82, 2.24) is 10.2 Å². The summed E-state index contributed by atoms with van der Waals surface area (Å²) in [6.07, 6.45) is 2.33. The Bertz CT molecular complexity index is 946. The van der Waals surface area contributed by atoms with Crippen LogP contribution in [-0.4, -0.2) is 30.4 Å². The van der Waals surface area contributed by atoms with Crippen LogP contribution in [0.15, 0.2) is 59.0 Å². The Morgan fingerprint density at radius 2 is 1.57 bits per heavy atom. The first-order valence-electron chi connectivity index (χ1n) is 8.59. The first-order chi connectivity index (χ1) is 13.6. The minimum absolute atomic E-state index is 0.219. The molecule has 28 heavy (non-hydrogen) atoms. The molecule has 0 fully saturated rings. The van der Waals surface area contributed by atoms with Crippen LogP contribution in [0.3, 0.4) is 0 Å². The number of rotatable bonds is 7. The lowest BCUT2D eigenvalue weighted by Crippen LogP contribution is -2.06. The van der Waals surface area contributed by atoms with Gasteiger partial charge in [-0.15, -0.1) is 10.2 Å². The van der Waals surface area contributed by atoms with Crippen LogP contribution in [-0.2, 0) is 9.53 Å². The van der Waals surface area contributed by atoms with E-state index in [4.69, 9.17) is 18.6 Å². The fourth-order valence-corrected chi connectivity index (χ4v) is 2.39. The zero-order chi connectivity index (χ0) is 19.9. The highest BCUT2D eigenvalue weighted by Crippen LogP contribution is 2.24. The number of benzene rings is 2. The number of nitrogens with zero attached hydrogens (tertiary/aromatic N) is 2. The lowest BCUT2D eigenvalue weighted by Gasteiger charge is -2.07. The fraction of sp³-hybridized carbons (Fsp3) is 0.190. The van der Waals surface area contributed by atoms with Crippen LogP contribution in [0.2, 0.25) is 0 Å². The first-order valence-corrected chi connectivity index (χ1v) is 8.59. The number of esters is 1. The second kappa shape index (κ2) is 8.85. The summed E-state index contributed by atoms with van der Waals surface area (Å²) in [6.45, 7) is 1.67. The van der Waals surface area contributed by atoms with Gasteiger partial charge in [0, 0.05) is 11.6 Å². The monoisotopic (exact) mass is 380 g/mol. The molecular weight excluding hydrogens is 360 g/mol. The number of hydrogen-bond donors (Lipinski definition) is 0. The number of carbonyl (C=O) groups excluding carboxylic acids is 1. The molecule has 144 valence electrons. The third-order valence-electron chi connectivity index (χ3n) is 3.95. The molecule has 7 heteroatoms. The van der Waals surface area contributed by atoms with Gasteiger partial charge in [-0.2, -0.15) is 0 Å². The Balaban J connectivity index is 1.60. The molecule has 1 atom stereocenters. The van der Waals surface area contributed by atoms with E-state index < -0.39 is 12.1 Å². The average molecular weight is 380 g/mol. The predicted molar refractivity (Wildman–Crippen MR) is 103 cm³/mol. The molecule has 3 rings (SSSR count). The van der Waals surface area contributed by atoms with Crippen molar-refractivity contribution in [2.75, 3.05) is 14.2 Å². The van der Waals surface area contributed by atoms with Crippen molar-refractivity contribution >= 4 is 12.0 Å². The maximum atomic E-state index is 12.0. The summed E-state index contributed by atoms with van der Waals surface area (Å²) < 4.78 is 21.2. The van der Waals surface area contributed by atoms with Crippen LogP contribution in [0.5, 0.6) is 11.5 Å². The highest BCUT2D eigenvalue weighted by atomic mass is 16.6. The summed E-state index contributed by atoms with van der Waals surface area (Å²) in [6, 6.07) is 14.5. The quantitative estimate of drug-likeness (QED) is 0.451. The van der Waals surface area contributed by atoms with E-state index in [0.29, 0.717) is 5.89 Å². The number of hydrogen-bond acceptors (Lipinski definition) is 7. The third-order valence-corrected chi connectivity index (χ3v) is 3.95. The van der Waals surface area contributed by atoms with E-state index in [-0.39, 0.29) is 5.89 Å². The Labute approximate surface area is 162 Å². The normalized spacial score (nSPS) is 12.0. The van der Waals surface area contributed by atoms with E-state index in [0.717, 1.165) is 22.6 Å². The minimum atomic E-state index is -0.674. The second-order valence-corrected chi connectivity index (χ2v) is 5.86. The van der Waals surface area contributed by atoms with Gasteiger partial charge in [-0.05, 0) is 55.0 Å². The molecule has 0 aliphatic heterocycles. The largest absolute Gasteiger partial charge is 0.497 e. The summed E-state index contributed by atoms with van der Waals surface area (Å²) in [7, 11) is 3.19. The van der Waals surface area contributed by atoms with Gasteiger partial charge in [0.15, 0.2) is 6.10 Å². The van der Waals surface area contributed by atoms with E-state index in [9.17, 15) is 4.79 Å². The summed E-state index contributed by atoms with van der Waals surface area (Å²) in [4.78, 5) is 12.0. The third kappa shape index (κ3) is 4.76. The summed E-state index contributed by atoms with van der Waals surface area (Å²) in [5.41, 5.74) is 1.60. The van der Waals surface area contributed by atoms with Crippen LogP contribution >= 0.6 is 0 Å². The Morgan fingerprint density at radius 1 is 0.964 bits per heavy atom. The van der Waals surface area contributed by atoms with Crippen LogP contribution in [0.4, 0.5) is 0 Å². The molecule has 7 nitrogen and oxygen atoms in total. The van der Waals surface area contributed by atoms with Crippen molar-refractivity contribution in [3.63, 3.8) is 0 Å². The number of carbonyl (C=O) groups is 1. The van der Waals surface area contributed by atoms with Crippen molar-refractivity contribution in [3.8, 4) is 23.0 Å². The summed E-state index contributed by atoms with van der Waals surface area (Å²) >= 11 is 0. The van der Waals surface area contributed by atoms with Gasteiger partial charge in [-0.25, -0.2) is 4.79 Å². The van der Waals surface area contributed by atoms with Gasteiger partial charge in [0.1, 0.15) is 11.5 Å². The van der Waals surface area contributed by atoms with Crippen molar-refractivity contribution in [1.29, 1.82) is 0 Å². The molecule has 0 saturated heterocycles. The van der Waals surface area contributed by atoms with Gasteiger partial charge in [-0.1, -0.05) is 12.1 Å². The van der Waals surface area contributed by atoms with Crippen molar-refractivity contribution in [2.45, 2.75) is 13.0 Å². The van der Waals surface area contributed by atoms with Crippen LogP contribution < -0.4 is 9.47 Å². The number of aromatic nitrogens is 2. The SMILES string of the molecule is COc1ccc(/C=C/C(=O)O[C@@H](C)c2nnc(-c3ccc(OC)cc3)o2)cc1. The van der Waals surface area contributed by atoms with E-state index in [2.05, 4.69) is 10.2 Å². The Kier molecular flexibility index (Phi) is 6.06. The fourth-order valence-electron chi connectivity index (χ4n) is 2.39. The Hall–Kier alpha value is -3.61. The molecule has 0 aliphatic rings. The van der Waals surface area contributed by atoms with Crippen molar-refractivity contribution < 1.29 is 23.4 Å². The molecule has 0 spiro atoms. The van der Waals surface area contributed by atoms with Gasteiger partial charge in [-0.3, -0.25) is 0 Å². The second-order valence-electron chi connectivity index (χ2n) is 5.86. The first kappa shape index (κ1) is 19.2. The summed E-state index contributed by atoms with van der Waals surface area (Å²) in [5.74, 6) is 1.53. The molecule has 0 N–H and O–H groups in total. The molecule has 0 bridgehead atoms. The Morgan fingerprint density at radius 3 is 2.18 bits per heavy atom. The van der Waals surface area contributed by atoms with Crippen LogP contribution in [0.25, 0.3) is 17.5 Å². The molecule has 0 amide bonds. The van der Waals surface area contributed by atoms with E-state index in [1.54, 1.807) is 39.4 Å². The van der Waals surface area contributed by atoms with Gasteiger partial charge < -0.3 is 18.6 Å². The molecule has 0 saturated carbocycles. The van der Waals surface area contributed by atoms with Crippen molar-refractivity contribution in [3.05, 3.63) is 66.1 Å². The number of ether oxygens (including phenoxy) is 3. The zero-order valence-electron chi connectivity index (χ0n) is 15.8. The molecular formula is C21H20N2O5. The predicted octanol–water partition coefficient (Wildman–Crippen LogP) is 4.07. The lowest BCUT2D eigenvalue weighted by molar-refractivity contribution is -0.143. The zero-order valence-corrected chi connectivity index (χ0v) is 15.8. The van der Waals surface area contributed by atoms with E-state index >= 15 is 0 Å². The molecule has 2 aromatic carbocycles. The van der Waals surface area contributed by atoms with Crippen LogP contribution in [0, 0.1) is 0 Å².